The molecule has 0 spiro atoms. The monoisotopic (exact) mass is 374 g/mol. The molecule has 0 amide bonds. The average Bonchev–Trinajstić information content (AvgIpc) is 2.76. The second-order valence-corrected chi connectivity index (χ2v) is 6.02. The Balaban J connectivity index is 2.23. The van der Waals surface area contributed by atoms with E-state index in [-0.39, 0.29) is 0 Å². The molecule has 0 unspecified atom stereocenters. The Hall–Kier alpha value is -0.740. The van der Waals surface area contributed by atoms with Crippen molar-refractivity contribution in [2.75, 3.05) is 0 Å². The molecule has 0 fully saturated rings. The molecule has 0 bridgehead atoms. The predicted octanol–water partition coefficient (Wildman–Crippen LogP) is 5.95. The molecule has 2 nitrogen and oxygen atoms in total. The minimum atomic E-state index is 0.479. The largest absolute Gasteiger partial charge is 0.338 e. The molecule has 1 heterocycles. The quantitative estimate of drug-likeness (QED) is 0.558. The number of hydrogen-bond donors (Lipinski definition) is 1. The number of halogens is 4. The topological polar surface area (TPSA) is 28.7 Å². The molecule has 19 heavy (non-hydrogen) atoms. The number of fused-ring (bicyclic) bond motifs is 1. The van der Waals surface area contributed by atoms with Crippen LogP contribution in [-0.4, -0.2) is 9.97 Å². The van der Waals surface area contributed by atoms with Gasteiger partial charge in [0.2, 0.25) is 0 Å². The highest BCUT2D eigenvalue weighted by Gasteiger charge is 2.12. The first-order chi connectivity index (χ1) is 9.06. The van der Waals surface area contributed by atoms with Crippen LogP contribution in [0.4, 0.5) is 0 Å². The van der Waals surface area contributed by atoms with Crippen LogP contribution in [0.15, 0.2) is 34.8 Å². The maximum atomic E-state index is 6.26. The van der Waals surface area contributed by atoms with Crippen LogP contribution in [0.3, 0.4) is 0 Å². The minimum absolute atomic E-state index is 0.479. The Kier molecular flexibility index (Phi) is 3.48. The van der Waals surface area contributed by atoms with Gasteiger partial charge in [-0.05, 0) is 40.2 Å². The van der Waals surface area contributed by atoms with Crippen LogP contribution in [0.25, 0.3) is 22.4 Å². The lowest BCUT2D eigenvalue weighted by Crippen LogP contribution is -1.82. The van der Waals surface area contributed by atoms with E-state index in [1.807, 2.05) is 18.2 Å². The van der Waals surface area contributed by atoms with Gasteiger partial charge in [-0.3, -0.25) is 0 Å². The first-order valence-corrected chi connectivity index (χ1v) is 7.28. The highest BCUT2D eigenvalue weighted by Crippen LogP contribution is 2.34. The number of nitrogens with zero attached hydrogens (tertiary/aromatic N) is 1. The molecule has 0 atom stereocenters. The van der Waals surface area contributed by atoms with Gasteiger partial charge in [0.1, 0.15) is 5.82 Å². The summed E-state index contributed by atoms with van der Waals surface area (Å²) in [4.78, 5) is 7.67. The third-order valence-electron chi connectivity index (χ3n) is 2.73. The number of nitrogens with one attached hydrogen (secondary N) is 1. The molecule has 1 N–H and O–H groups in total. The van der Waals surface area contributed by atoms with E-state index in [0.29, 0.717) is 20.9 Å². The highest BCUT2D eigenvalue weighted by atomic mass is 79.9. The van der Waals surface area contributed by atoms with Gasteiger partial charge in [-0.25, -0.2) is 4.98 Å². The summed E-state index contributed by atoms with van der Waals surface area (Å²) in [7, 11) is 0. The van der Waals surface area contributed by atoms with Gasteiger partial charge in [0.25, 0.3) is 0 Å². The Morgan fingerprint density at radius 3 is 2.58 bits per heavy atom. The van der Waals surface area contributed by atoms with E-state index in [0.717, 1.165) is 21.1 Å². The maximum absolute atomic E-state index is 6.26. The third-order valence-corrected chi connectivity index (χ3v) is 4.75. The zero-order chi connectivity index (χ0) is 13.6. The van der Waals surface area contributed by atoms with E-state index >= 15 is 0 Å². The van der Waals surface area contributed by atoms with Gasteiger partial charge in [-0.15, -0.1) is 0 Å². The lowest BCUT2D eigenvalue weighted by Gasteiger charge is -2.01. The van der Waals surface area contributed by atoms with E-state index in [1.165, 1.54) is 0 Å². The lowest BCUT2D eigenvalue weighted by atomic mass is 10.2. The molecule has 96 valence electrons. The van der Waals surface area contributed by atoms with Gasteiger partial charge < -0.3 is 4.98 Å². The first-order valence-electron chi connectivity index (χ1n) is 5.35. The number of hydrogen-bond acceptors (Lipinski definition) is 1. The van der Waals surface area contributed by atoms with Crippen molar-refractivity contribution >= 4 is 61.8 Å². The summed E-state index contributed by atoms with van der Waals surface area (Å²) in [6.07, 6.45) is 0. The van der Waals surface area contributed by atoms with E-state index in [4.69, 9.17) is 34.8 Å². The summed E-state index contributed by atoms with van der Waals surface area (Å²) >= 11 is 21.6. The van der Waals surface area contributed by atoms with Crippen LogP contribution in [0.5, 0.6) is 0 Å². The summed E-state index contributed by atoms with van der Waals surface area (Å²) in [6.45, 7) is 0. The Morgan fingerprint density at radius 1 is 1.05 bits per heavy atom. The predicted molar refractivity (Wildman–Crippen MR) is 84.3 cm³/mol. The van der Waals surface area contributed by atoms with Crippen molar-refractivity contribution in [1.82, 2.24) is 9.97 Å². The van der Waals surface area contributed by atoms with Crippen molar-refractivity contribution in [2.24, 2.45) is 0 Å². The summed E-state index contributed by atoms with van der Waals surface area (Å²) in [5.41, 5.74) is 2.39. The molecule has 6 heteroatoms. The summed E-state index contributed by atoms with van der Waals surface area (Å²) in [6, 6.07) is 9.15. The average molecular weight is 376 g/mol. The van der Waals surface area contributed by atoms with Crippen LogP contribution in [0.1, 0.15) is 0 Å². The van der Waals surface area contributed by atoms with E-state index in [2.05, 4.69) is 25.9 Å². The standard InChI is InChI=1S/C13H6BrCl3N2/c14-7-3-1-2-6(12(7)17)13-18-10-4-8(15)9(16)5-11(10)19-13/h1-5H,(H,18,19). The van der Waals surface area contributed by atoms with Crippen molar-refractivity contribution in [3.63, 3.8) is 0 Å². The molecule has 0 saturated carbocycles. The number of benzene rings is 2. The van der Waals surface area contributed by atoms with Crippen molar-refractivity contribution in [3.05, 3.63) is 49.9 Å². The van der Waals surface area contributed by atoms with Crippen molar-refractivity contribution < 1.29 is 0 Å². The fourth-order valence-electron chi connectivity index (χ4n) is 1.82. The van der Waals surface area contributed by atoms with Crippen LogP contribution in [-0.2, 0) is 0 Å². The van der Waals surface area contributed by atoms with Gasteiger partial charge in [0, 0.05) is 10.0 Å². The number of imidazole rings is 1. The minimum Gasteiger partial charge on any atom is -0.338 e. The fourth-order valence-corrected chi connectivity index (χ4v) is 2.72. The normalized spacial score (nSPS) is 11.2. The van der Waals surface area contributed by atoms with Gasteiger partial charge in [0.05, 0.1) is 26.1 Å². The Labute approximate surface area is 132 Å². The summed E-state index contributed by atoms with van der Waals surface area (Å²) in [5.74, 6) is 0.680. The second kappa shape index (κ2) is 4.98. The molecule has 2 aromatic carbocycles. The van der Waals surface area contributed by atoms with Gasteiger partial charge in [-0.2, -0.15) is 0 Å². The van der Waals surface area contributed by atoms with Crippen molar-refractivity contribution in [1.29, 1.82) is 0 Å². The van der Waals surface area contributed by atoms with E-state index < -0.39 is 0 Å². The van der Waals surface area contributed by atoms with Crippen LogP contribution < -0.4 is 0 Å². The summed E-state index contributed by atoms with van der Waals surface area (Å²) < 4.78 is 0.822. The van der Waals surface area contributed by atoms with Gasteiger partial charge in [-0.1, -0.05) is 40.9 Å². The van der Waals surface area contributed by atoms with Crippen molar-refractivity contribution in [2.45, 2.75) is 0 Å². The molecule has 0 radical (unpaired) electrons. The summed E-state index contributed by atoms with van der Waals surface area (Å²) in [5, 5.41) is 1.58. The van der Waals surface area contributed by atoms with Crippen LogP contribution >= 0.6 is 50.7 Å². The molecule has 0 aliphatic carbocycles. The molecule has 1 aromatic heterocycles. The first kappa shape index (κ1) is 13.3. The molecule has 3 rings (SSSR count). The molecule has 0 aliphatic rings. The lowest BCUT2D eigenvalue weighted by molar-refractivity contribution is 1.33. The molecule has 3 aromatic rings. The second-order valence-electron chi connectivity index (χ2n) is 3.97. The molecular weight excluding hydrogens is 370 g/mol. The van der Waals surface area contributed by atoms with Crippen LogP contribution in [0, 0.1) is 0 Å². The SMILES string of the molecule is Clc1cc2nc(-c3cccc(Br)c3Cl)[nH]c2cc1Cl. The molecule has 0 aliphatic heterocycles. The van der Waals surface area contributed by atoms with Gasteiger partial charge in [0.15, 0.2) is 0 Å². The Bertz CT molecular complexity index is 744. The Morgan fingerprint density at radius 2 is 1.79 bits per heavy atom. The van der Waals surface area contributed by atoms with Gasteiger partial charge >= 0.3 is 0 Å². The number of H-pyrrole nitrogens is 1. The maximum Gasteiger partial charge on any atom is 0.140 e. The van der Waals surface area contributed by atoms with E-state index in [9.17, 15) is 0 Å². The highest BCUT2D eigenvalue weighted by molar-refractivity contribution is 9.10. The molecular formula is C13H6BrCl3N2. The smallest absolute Gasteiger partial charge is 0.140 e. The number of rotatable bonds is 1. The number of aromatic nitrogens is 2. The molecule has 0 saturated heterocycles. The number of aromatic amines is 1. The zero-order valence-electron chi connectivity index (χ0n) is 9.35. The fraction of sp³-hybridized carbons (Fsp3) is 0. The van der Waals surface area contributed by atoms with Crippen molar-refractivity contribution in [3.8, 4) is 11.4 Å². The van der Waals surface area contributed by atoms with E-state index in [1.54, 1.807) is 12.1 Å². The third kappa shape index (κ3) is 2.36. The zero-order valence-corrected chi connectivity index (χ0v) is 13.2. The van der Waals surface area contributed by atoms with Crippen LogP contribution in [0.2, 0.25) is 15.1 Å².